The molecule has 0 aliphatic heterocycles. The van der Waals surface area contributed by atoms with E-state index in [2.05, 4.69) is 20.5 Å². The molecule has 0 spiro atoms. The van der Waals surface area contributed by atoms with Gasteiger partial charge in [-0.2, -0.15) is 27.1 Å². The molecular formula is C36H32N6O6S2. The van der Waals surface area contributed by atoms with Gasteiger partial charge in [0.1, 0.15) is 21.2 Å². The van der Waals surface area contributed by atoms with Gasteiger partial charge in [0, 0.05) is 21.5 Å². The highest BCUT2D eigenvalue weighted by atomic mass is 32.2. The summed E-state index contributed by atoms with van der Waals surface area (Å²) >= 11 is 0. The average molecular weight is 709 g/mol. The fraction of sp³-hybridized carbons (Fsp3) is 0.111. The van der Waals surface area contributed by atoms with Crippen LogP contribution in [0.15, 0.2) is 127 Å². The minimum Gasteiger partial charge on any atom is -0.396 e. The van der Waals surface area contributed by atoms with Crippen molar-refractivity contribution in [3.8, 4) is 11.1 Å². The highest BCUT2D eigenvalue weighted by Gasteiger charge is 2.20. The number of nitrogens with zero attached hydrogens (tertiary/aromatic N) is 4. The summed E-state index contributed by atoms with van der Waals surface area (Å²) < 4.78 is 68.2. The predicted octanol–water partition coefficient (Wildman–Crippen LogP) is 9.27. The Balaban J connectivity index is 1.32. The highest BCUT2D eigenvalue weighted by Crippen LogP contribution is 2.39. The van der Waals surface area contributed by atoms with E-state index in [9.17, 15) is 25.9 Å². The van der Waals surface area contributed by atoms with Gasteiger partial charge in [-0.15, -0.1) is 10.2 Å². The van der Waals surface area contributed by atoms with Gasteiger partial charge in [-0.1, -0.05) is 74.5 Å². The molecule has 6 N–H and O–H groups in total. The molecule has 0 saturated carbocycles. The minimum absolute atomic E-state index is 0.111. The molecule has 0 unspecified atom stereocenters. The number of azo groups is 2. The standard InChI is InChI=1S/C36H32N6O6S2/c1-3-21-17-23(13-15-29(21)39-41-31-19-33(49(43,44)45)25-9-5-7-11-27(25)35(31)37)24-14-16-30(22(4-2)18-24)40-42-32-20-34(50(46,47)48)26-10-6-8-12-28(26)36(32)38/h5-20H,3-4,37-38H2,1-2H3,(H,43,44,45)(H,46,47,48)/b41-39+,42-40+. The summed E-state index contributed by atoms with van der Waals surface area (Å²) in [5.41, 5.74) is 18.1. The summed E-state index contributed by atoms with van der Waals surface area (Å²) in [6, 6.07) is 27.0. The second-order valence-electron chi connectivity index (χ2n) is 11.5. The Morgan fingerprint density at radius 1 is 0.500 bits per heavy atom. The Morgan fingerprint density at radius 2 is 0.840 bits per heavy atom. The van der Waals surface area contributed by atoms with Gasteiger partial charge in [0.25, 0.3) is 20.2 Å². The normalized spacial score (nSPS) is 12.5. The number of benzene rings is 6. The maximum absolute atomic E-state index is 12.1. The van der Waals surface area contributed by atoms with Crippen LogP contribution in [-0.4, -0.2) is 25.9 Å². The molecule has 0 bridgehead atoms. The lowest BCUT2D eigenvalue weighted by molar-refractivity contribution is 0.482. The topological polar surface area (TPSA) is 210 Å². The van der Waals surface area contributed by atoms with Gasteiger partial charge < -0.3 is 11.5 Å². The number of nitrogens with two attached hydrogens (primary N) is 2. The summed E-state index contributed by atoms with van der Waals surface area (Å²) in [6.45, 7) is 3.96. The number of nitrogen functional groups attached to an aromatic ring is 2. The van der Waals surface area contributed by atoms with Gasteiger partial charge in [-0.25, -0.2) is 0 Å². The first-order chi connectivity index (χ1) is 23.8. The summed E-state index contributed by atoms with van der Waals surface area (Å²) in [6.07, 6.45) is 1.24. The van der Waals surface area contributed by atoms with Crippen molar-refractivity contribution in [1.82, 2.24) is 0 Å². The van der Waals surface area contributed by atoms with Crippen LogP contribution in [0.5, 0.6) is 0 Å². The molecule has 50 heavy (non-hydrogen) atoms. The number of hydrogen-bond donors (Lipinski definition) is 4. The lowest BCUT2D eigenvalue weighted by Gasteiger charge is -2.11. The van der Waals surface area contributed by atoms with Crippen LogP contribution in [0.4, 0.5) is 34.1 Å². The molecule has 0 aromatic heterocycles. The molecule has 6 aromatic rings. The van der Waals surface area contributed by atoms with E-state index in [0.717, 1.165) is 22.3 Å². The molecule has 0 fully saturated rings. The maximum atomic E-state index is 12.1. The Bertz CT molecular complexity index is 2420. The average Bonchev–Trinajstić information content (AvgIpc) is 3.10. The Labute approximate surface area is 288 Å². The third-order valence-electron chi connectivity index (χ3n) is 8.39. The molecule has 14 heteroatoms. The van der Waals surface area contributed by atoms with E-state index in [0.29, 0.717) is 35.0 Å². The maximum Gasteiger partial charge on any atom is 0.295 e. The number of rotatable bonds is 9. The fourth-order valence-corrected chi connectivity index (χ4v) is 7.23. The van der Waals surface area contributed by atoms with Crippen molar-refractivity contribution < 1.29 is 25.9 Å². The fourth-order valence-electron chi connectivity index (χ4n) is 5.80. The smallest absolute Gasteiger partial charge is 0.295 e. The van der Waals surface area contributed by atoms with Gasteiger partial charge >= 0.3 is 0 Å². The number of fused-ring (bicyclic) bond motifs is 2. The van der Waals surface area contributed by atoms with Crippen molar-refractivity contribution >= 4 is 75.9 Å². The minimum atomic E-state index is -4.55. The largest absolute Gasteiger partial charge is 0.396 e. The molecule has 0 radical (unpaired) electrons. The molecule has 0 heterocycles. The molecule has 254 valence electrons. The molecular weight excluding hydrogens is 677 g/mol. The van der Waals surface area contributed by atoms with Crippen LogP contribution in [0.25, 0.3) is 32.7 Å². The summed E-state index contributed by atoms with van der Waals surface area (Å²) in [4.78, 5) is -0.610. The van der Waals surface area contributed by atoms with E-state index in [1.54, 1.807) is 48.5 Å². The summed E-state index contributed by atoms with van der Waals surface area (Å²) in [5.74, 6) is 0. The third kappa shape index (κ3) is 6.69. The van der Waals surface area contributed by atoms with Crippen LogP contribution in [0.1, 0.15) is 25.0 Å². The van der Waals surface area contributed by atoms with Crippen LogP contribution in [-0.2, 0) is 33.1 Å². The van der Waals surface area contributed by atoms with E-state index in [1.165, 1.54) is 12.1 Å². The quantitative estimate of drug-likeness (QED) is 0.0644. The number of hydrogen-bond acceptors (Lipinski definition) is 10. The molecule has 6 rings (SSSR count). The van der Waals surface area contributed by atoms with Gasteiger partial charge in [0.2, 0.25) is 0 Å². The number of anilines is 2. The second-order valence-corrected chi connectivity index (χ2v) is 14.2. The first-order valence-corrected chi connectivity index (χ1v) is 18.3. The Hall–Kier alpha value is -5.54. The molecule has 6 aromatic carbocycles. The second kappa shape index (κ2) is 13.4. The first-order valence-electron chi connectivity index (χ1n) is 15.5. The van der Waals surface area contributed by atoms with E-state index in [-0.39, 0.29) is 43.3 Å². The van der Waals surface area contributed by atoms with Crippen molar-refractivity contribution in [3.63, 3.8) is 0 Å². The van der Waals surface area contributed by atoms with Crippen LogP contribution in [0.3, 0.4) is 0 Å². The van der Waals surface area contributed by atoms with E-state index in [1.807, 2.05) is 50.2 Å². The SMILES string of the molecule is CCc1cc(-c2ccc(/N=N/c3cc(S(=O)(=O)O)c4ccccc4c3N)c(CC)c2)ccc1/N=N/c1cc(S(=O)(=O)O)c2ccccc2c1N. The lowest BCUT2D eigenvalue weighted by atomic mass is 9.98. The lowest BCUT2D eigenvalue weighted by Crippen LogP contribution is -2.01. The van der Waals surface area contributed by atoms with Crippen LogP contribution in [0, 0.1) is 0 Å². The number of aryl methyl sites for hydroxylation is 2. The van der Waals surface area contributed by atoms with Crippen LogP contribution < -0.4 is 11.5 Å². The highest BCUT2D eigenvalue weighted by molar-refractivity contribution is 7.86. The van der Waals surface area contributed by atoms with E-state index in [4.69, 9.17) is 11.5 Å². The zero-order valence-electron chi connectivity index (χ0n) is 26.9. The summed E-state index contributed by atoms with van der Waals surface area (Å²) in [5, 5.41) is 18.8. The molecule has 0 aliphatic rings. The zero-order valence-corrected chi connectivity index (χ0v) is 28.6. The predicted molar refractivity (Wildman–Crippen MR) is 195 cm³/mol. The van der Waals surface area contributed by atoms with Gasteiger partial charge in [0.15, 0.2) is 0 Å². The van der Waals surface area contributed by atoms with Crippen LogP contribution in [0.2, 0.25) is 0 Å². The molecule has 0 atom stereocenters. The molecule has 0 amide bonds. The van der Waals surface area contributed by atoms with Crippen molar-refractivity contribution in [3.05, 3.63) is 108 Å². The summed E-state index contributed by atoms with van der Waals surface area (Å²) in [7, 11) is -9.10. The van der Waals surface area contributed by atoms with Gasteiger partial charge in [-0.3, -0.25) is 9.11 Å². The first kappa shape index (κ1) is 34.3. The third-order valence-corrected chi connectivity index (χ3v) is 10.2. The molecule has 0 aliphatic carbocycles. The van der Waals surface area contributed by atoms with E-state index >= 15 is 0 Å². The van der Waals surface area contributed by atoms with Gasteiger partial charge in [0.05, 0.1) is 22.7 Å². The van der Waals surface area contributed by atoms with Crippen molar-refractivity contribution in [2.75, 3.05) is 11.5 Å². The monoisotopic (exact) mass is 708 g/mol. The van der Waals surface area contributed by atoms with Crippen molar-refractivity contribution in [2.45, 2.75) is 36.5 Å². The molecule has 0 saturated heterocycles. The van der Waals surface area contributed by atoms with E-state index < -0.39 is 20.2 Å². The van der Waals surface area contributed by atoms with Crippen molar-refractivity contribution in [1.29, 1.82) is 0 Å². The molecule has 12 nitrogen and oxygen atoms in total. The van der Waals surface area contributed by atoms with Crippen LogP contribution >= 0.6 is 0 Å². The Kier molecular flexibility index (Phi) is 9.20. The van der Waals surface area contributed by atoms with Gasteiger partial charge in [-0.05, 0) is 71.5 Å². The zero-order chi connectivity index (χ0) is 35.8. The van der Waals surface area contributed by atoms with Crippen molar-refractivity contribution in [2.24, 2.45) is 20.5 Å². The Morgan fingerprint density at radius 3 is 1.18 bits per heavy atom.